The first-order chi connectivity index (χ1) is 7.77. The highest BCUT2D eigenvalue weighted by Gasteiger charge is 2.22. The van der Waals surface area contributed by atoms with Crippen molar-refractivity contribution in [2.24, 2.45) is 0 Å². The van der Waals surface area contributed by atoms with E-state index in [1.807, 2.05) is 7.05 Å². The zero-order chi connectivity index (χ0) is 11.5. The molecule has 1 heterocycles. The van der Waals surface area contributed by atoms with E-state index >= 15 is 0 Å². The van der Waals surface area contributed by atoms with Crippen molar-refractivity contribution >= 4 is 5.69 Å². The smallest absolute Gasteiger partial charge is 0.0402 e. The summed E-state index contributed by atoms with van der Waals surface area (Å²) in [7, 11) is 2.03. The normalized spacial score (nSPS) is 16.3. The van der Waals surface area contributed by atoms with Crippen LogP contribution in [0.4, 0.5) is 5.69 Å². The maximum absolute atomic E-state index is 3.34. The van der Waals surface area contributed by atoms with Gasteiger partial charge in [-0.05, 0) is 44.0 Å². The molecule has 1 aliphatic heterocycles. The molecule has 1 N–H and O–H groups in total. The Kier molecular flexibility index (Phi) is 3.49. The van der Waals surface area contributed by atoms with Gasteiger partial charge in [-0.15, -0.1) is 0 Å². The molecular weight excluding hydrogens is 196 g/mol. The molecule has 0 aliphatic carbocycles. The summed E-state index contributed by atoms with van der Waals surface area (Å²) in [6, 6.07) is 7.17. The molecule has 1 unspecified atom stereocenters. The molecular formula is C14H22N2. The van der Waals surface area contributed by atoms with Crippen LogP contribution in [0.25, 0.3) is 0 Å². The summed E-state index contributed by atoms with van der Waals surface area (Å²) in [4.78, 5) is 2.52. The number of nitrogens with one attached hydrogen (secondary N) is 1. The van der Waals surface area contributed by atoms with Gasteiger partial charge in [0.15, 0.2) is 0 Å². The fraction of sp³-hybridized carbons (Fsp3) is 0.571. The third kappa shape index (κ3) is 1.94. The molecule has 2 nitrogen and oxygen atoms in total. The van der Waals surface area contributed by atoms with Gasteiger partial charge < -0.3 is 10.2 Å². The Morgan fingerprint density at radius 2 is 2.25 bits per heavy atom. The Bertz CT molecular complexity index is 360. The van der Waals surface area contributed by atoms with Crippen LogP contribution >= 0.6 is 0 Å². The SMILES string of the molecule is CCCN1CCc2c(C(C)NC)cccc21. The molecule has 88 valence electrons. The quantitative estimate of drug-likeness (QED) is 0.836. The van der Waals surface area contributed by atoms with Gasteiger partial charge >= 0.3 is 0 Å². The minimum atomic E-state index is 0.455. The van der Waals surface area contributed by atoms with Crippen molar-refractivity contribution in [1.82, 2.24) is 5.32 Å². The van der Waals surface area contributed by atoms with Crippen LogP contribution in [-0.4, -0.2) is 20.1 Å². The van der Waals surface area contributed by atoms with Gasteiger partial charge in [0.1, 0.15) is 0 Å². The second-order valence-electron chi connectivity index (χ2n) is 4.59. The molecule has 0 saturated carbocycles. The lowest BCUT2D eigenvalue weighted by molar-refractivity contribution is 0.647. The van der Waals surface area contributed by atoms with E-state index in [1.54, 1.807) is 5.56 Å². The van der Waals surface area contributed by atoms with Crippen LogP contribution in [-0.2, 0) is 6.42 Å². The average molecular weight is 218 g/mol. The number of fused-ring (bicyclic) bond motifs is 1. The molecule has 1 atom stereocenters. The van der Waals surface area contributed by atoms with Gasteiger partial charge in [0, 0.05) is 24.8 Å². The first-order valence-corrected chi connectivity index (χ1v) is 6.32. The molecule has 0 amide bonds. The van der Waals surface area contributed by atoms with Crippen molar-refractivity contribution in [3.63, 3.8) is 0 Å². The molecule has 0 radical (unpaired) electrons. The van der Waals surface area contributed by atoms with E-state index in [0.717, 1.165) is 0 Å². The lowest BCUT2D eigenvalue weighted by Crippen LogP contribution is -2.20. The van der Waals surface area contributed by atoms with E-state index in [4.69, 9.17) is 0 Å². The molecule has 2 heteroatoms. The second-order valence-corrected chi connectivity index (χ2v) is 4.59. The molecule has 1 aliphatic rings. The fourth-order valence-corrected chi connectivity index (χ4v) is 2.59. The Morgan fingerprint density at radius 3 is 2.94 bits per heavy atom. The second kappa shape index (κ2) is 4.88. The maximum atomic E-state index is 3.34. The lowest BCUT2D eigenvalue weighted by atomic mass is 9.99. The molecule has 0 fully saturated rings. The van der Waals surface area contributed by atoms with Gasteiger partial charge in [-0.25, -0.2) is 0 Å². The first kappa shape index (κ1) is 11.5. The van der Waals surface area contributed by atoms with Gasteiger partial charge in [0.05, 0.1) is 0 Å². The number of hydrogen-bond acceptors (Lipinski definition) is 2. The van der Waals surface area contributed by atoms with Gasteiger partial charge in [-0.3, -0.25) is 0 Å². The number of rotatable bonds is 4. The van der Waals surface area contributed by atoms with Crippen molar-refractivity contribution in [3.05, 3.63) is 29.3 Å². The zero-order valence-corrected chi connectivity index (χ0v) is 10.6. The predicted molar refractivity (Wildman–Crippen MR) is 70.1 cm³/mol. The van der Waals surface area contributed by atoms with Gasteiger partial charge in [-0.1, -0.05) is 19.1 Å². The summed E-state index contributed by atoms with van der Waals surface area (Å²) in [6.45, 7) is 6.86. The van der Waals surface area contributed by atoms with Crippen molar-refractivity contribution < 1.29 is 0 Å². The molecule has 0 spiro atoms. The van der Waals surface area contributed by atoms with Crippen molar-refractivity contribution in [2.75, 3.05) is 25.0 Å². The van der Waals surface area contributed by atoms with Gasteiger partial charge in [-0.2, -0.15) is 0 Å². The Labute approximate surface area is 98.7 Å². The minimum absolute atomic E-state index is 0.455. The highest BCUT2D eigenvalue weighted by Crippen LogP contribution is 2.33. The monoisotopic (exact) mass is 218 g/mol. The number of benzene rings is 1. The van der Waals surface area contributed by atoms with Crippen LogP contribution in [0.5, 0.6) is 0 Å². The molecule has 0 bridgehead atoms. The lowest BCUT2D eigenvalue weighted by Gasteiger charge is -2.20. The van der Waals surface area contributed by atoms with E-state index in [-0.39, 0.29) is 0 Å². The summed E-state index contributed by atoms with van der Waals surface area (Å²) >= 11 is 0. The van der Waals surface area contributed by atoms with E-state index in [0.29, 0.717) is 6.04 Å². The molecule has 1 aromatic carbocycles. The van der Waals surface area contributed by atoms with Gasteiger partial charge in [0.2, 0.25) is 0 Å². The van der Waals surface area contributed by atoms with E-state index in [2.05, 4.69) is 42.3 Å². The standard InChI is InChI=1S/C14H22N2/c1-4-9-16-10-8-13-12(11(2)15-3)6-5-7-14(13)16/h5-7,11,15H,4,8-10H2,1-3H3. The summed E-state index contributed by atoms with van der Waals surface area (Å²) in [6.07, 6.45) is 2.43. The number of nitrogens with zero attached hydrogens (tertiary/aromatic N) is 1. The zero-order valence-electron chi connectivity index (χ0n) is 10.6. The largest absolute Gasteiger partial charge is 0.371 e. The predicted octanol–water partition coefficient (Wildman–Crippen LogP) is 2.74. The maximum Gasteiger partial charge on any atom is 0.0402 e. The minimum Gasteiger partial charge on any atom is -0.371 e. The topological polar surface area (TPSA) is 15.3 Å². The third-order valence-corrected chi connectivity index (χ3v) is 3.55. The van der Waals surface area contributed by atoms with E-state index in [1.165, 1.54) is 37.2 Å². The average Bonchev–Trinajstić information content (AvgIpc) is 2.72. The summed E-state index contributed by atoms with van der Waals surface area (Å²) in [5.41, 5.74) is 4.48. The van der Waals surface area contributed by atoms with Crippen molar-refractivity contribution in [3.8, 4) is 0 Å². The summed E-state index contributed by atoms with van der Waals surface area (Å²) < 4.78 is 0. The van der Waals surface area contributed by atoms with Crippen LogP contribution in [0.2, 0.25) is 0 Å². The summed E-state index contributed by atoms with van der Waals surface area (Å²) in [5.74, 6) is 0. The van der Waals surface area contributed by atoms with Crippen molar-refractivity contribution in [2.45, 2.75) is 32.7 Å². The van der Waals surface area contributed by atoms with Crippen LogP contribution in [0.3, 0.4) is 0 Å². The molecule has 0 saturated heterocycles. The van der Waals surface area contributed by atoms with E-state index < -0.39 is 0 Å². The van der Waals surface area contributed by atoms with Crippen molar-refractivity contribution in [1.29, 1.82) is 0 Å². The molecule has 0 aromatic heterocycles. The van der Waals surface area contributed by atoms with Crippen LogP contribution < -0.4 is 10.2 Å². The van der Waals surface area contributed by atoms with Crippen LogP contribution in [0.1, 0.15) is 37.4 Å². The Balaban J connectivity index is 2.32. The number of anilines is 1. The molecule has 1 aromatic rings. The Hall–Kier alpha value is -1.02. The number of hydrogen-bond donors (Lipinski definition) is 1. The first-order valence-electron chi connectivity index (χ1n) is 6.32. The van der Waals surface area contributed by atoms with E-state index in [9.17, 15) is 0 Å². The third-order valence-electron chi connectivity index (χ3n) is 3.55. The van der Waals surface area contributed by atoms with Crippen LogP contribution in [0, 0.1) is 0 Å². The van der Waals surface area contributed by atoms with Gasteiger partial charge in [0.25, 0.3) is 0 Å². The highest BCUT2D eigenvalue weighted by atomic mass is 15.1. The molecule has 16 heavy (non-hydrogen) atoms. The molecule has 2 rings (SSSR count). The summed E-state index contributed by atoms with van der Waals surface area (Å²) in [5, 5.41) is 3.34. The Morgan fingerprint density at radius 1 is 1.44 bits per heavy atom. The van der Waals surface area contributed by atoms with Crippen LogP contribution in [0.15, 0.2) is 18.2 Å². The fourth-order valence-electron chi connectivity index (χ4n) is 2.59. The highest BCUT2D eigenvalue weighted by molar-refractivity contribution is 5.61.